The van der Waals surface area contributed by atoms with Crippen molar-refractivity contribution in [2.75, 3.05) is 7.11 Å². The third kappa shape index (κ3) is 5.95. The van der Waals surface area contributed by atoms with Crippen molar-refractivity contribution in [2.45, 2.75) is 25.4 Å². The standard InChI is InChI=1S/C14H14BrN2O6P/c1-21-13-8-10(9-18)7-12(15)14(13)23-24(19,20)22-11(4-6-17)3-2-5-16/h7-9,11H,2-4H2,1H3,(H,19,20). The van der Waals surface area contributed by atoms with Crippen LogP contribution in [0, 0.1) is 22.7 Å². The molecule has 0 spiro atoms. The first-order valence-electron chi connectivity index (χ1n) is 6.64. The Hall–Kier alpha value is -1.90. The van der Waals surface area contributed by atoms with Gasteiger partial charge < -0.3 is 9.26 Å². The third-order valence-electron chi connectivity index (χ3n) is 2.77. The van der Waals surface area contributed by atoms with Crippen LogP contribution in [0.5, 0.6) is 11.5 Å². The van der Waals surface area contributed by atoms with Crippen LogP contribution in [0.15, 0.2) is 16.6 Å². The van der Waals surface area contributed by atoms with Gasteiger partial charge in [0.1, 0.15) is 6.29 Å². The lowest BCUT2D eigenvalue weighted by Crippen LogP contribution is -2.13. The van der Waals surface area contributed by atoms with Crippen molar-refractivity contribution in [2.24, 2.45) is 0 Å². The molecule has 128 valence electrons. The SMILES string of the molecule is COc1cc(C=O)cc(Br)c1OP(=O)(O)OC(CC#N)CCC#N. The molecule has 0 aliphatic rings. The fraction of sp³-hybridized carbons (Fsp3) is 0.357. The Balaban J connectivity index is 3.01. The lowest BCUT2D eigenvalue weighted by molar-refractivity contribution is 0.112. The van der Waals surface area contributed by atoms with E-state index in [1.165, 1.54) is 19.2 Å². The van der Waals surface area contributed by atoms with Crippen molar-refractivity contribution in [3.63, 3.8) is 0 Å². The van der Waals surface area contributed by atoms with Crippen molar-refractivity contribution < 1.29 is 28.0 Å². The van der Waals surface area contributed by atoms with Gasteiger partial charge in [0.2, 0.25) is 0 Å². The van der Waals surface area contributed by atoms with Gasteiger partial charge in [0.05, 0.1) is 36.2 Å². The summed E-state index contributed by atoms with van der Waals surface area (Å²) in [6.07, 6.45) is -0.340. The maximum atomic E-state index is 12.2. The number of hydrogen-bond acceptors (Lipinski definition) is 7. The molecular weight excluding hydrogens is 403 g/mol. The molecule has 2 atom stereocenters. The minimum Gasteiger partial charge on any atom is -0.493 e. The Labute approximate surface area is 147 Å². The Morgan fingerprint density at radius 1 is 1.42 bits per heavy atom. The first kappa shape index (κ1) is 20.1. The minimum atomic E-state index is -4.59. The number of ether oxygens (including phenoxy) is 1. The monoisotopic (exact) mass is 416 g/mol. The first-order chi connectivity index (χ1) is 11.4. The van der Waals surface area contributed by atoms with E-state index in [1.54, 1.807) is 0 Å². The summed E-state index contributed by atoms with van der Waals surface area (Å²) < 4.78 is 27.4. The fourth-order valence-electron chi connectivity index (χ4n) is 1.74. The second-order valence-electron chi connectivity index (χ2n) is 4.50. The van der Waals surface area contributed by atoms with Gasteiger partial charge in [-0.2, -0.15) is 10.5 Å². The number of phosphoric acid groups is 1. The van der Waals surface area contributed by atoms with Crippen LogP contribution in [0.25, 0.3) is 0 Å². The molecule has 0 aromatic heterocycles. The van der Waals surface area contributed by atoms with Crippen LogP contribution in [0.1, 0.15) is 29.6 Å². The van der Waals surface area contributed by atoms with E-state index in [0.717, 1.165) is 0 Å². The average Bonchev–Trinajstić information content (AvgIpc) is 2.54. The zero-order chi connectivity index (χ0) is 18.2. The molecular formula is C14H14BrN2O6P. The molecule has 0 amide bonds. The minimum absolute atomic E-state index is 0.0539. The highest BCUT2D eigenvalue weighted by atomic mass is 79.9. The van der Waals surface area contributed by atoms with E-state index in [-0.39, 0.29) is 40.8 Å². The maximum absolute atomic E-state index is 12.2. The van der Waals surface area contributed by atoms with E-state index in [1.807, 2.05) is 12.1 Å². The van der Waals surface area contributed by atoms with E-state index in [9.17, 15) is 14.3 Å². The zero-order valence-corrected chi connectivity index (χ0v) is 15.1. The molecule has 0 heterocycles. The molecule has 8 nitrogen and oxygen atoms in total. The molecule has 0 radical (unpaired) electrons. The molecule has 1 aromatic rings. The fourth-order valence-corrected chi connectivity index (χ4v) is 3.43. The summed E-state index contributed by atoms with van der Waals surface area (Å²) in [5.41, 5.74) is 0.274. The Morgan fingerprint density at radius 3 is 2.67 bits per heavy atom. The Morgan fingerprint density at radius 2 is 2.12 bits per heavy atom. The number of carbonyl (C=O) groups excluding carboxylic acids is 1. The van der Waals surface area contributed by atoms with Crippen LogP contribution < -0.4 is 9.26 Å². The largest absolute Gasteiger partial charge is 0.527 e. The molecule has 1 aromatic carbocycles. The van der Waals surface area contributed by atoms with Gasteiger partial charge in [0.15, 0.2) is 11.5 Å². The van der Waals surface area contributed by atoms with Crippen LogP contribution in [-0.4, -0.2) is 24.4 Å². The van der Waals surface area contributed by atoms with E-state index in [2.05, 4.69) is 15.9 Å². The second kappa shape index (κ2) is 9.41. The number of halogens is 1. The topological polar surface area (TPSA) is 130 Å². The van der Waals surface area contributed by atoms with Gasteiger partial charge in [0, 0.05) is 12.0 Å². The number of benzene rings is 1. The van der Waals surface area contributed by atoms with E-state index < -0.39 is 13.9 Å². The number of nitriles is 2. The third-order valence-corrected chi connectivity index (χ3v) is 4.34. The normalized spacial score (nSPS) is 13.9. The maximum Gasteiger partial charge on any atom is 0.527 e. The predicted molar refractivity (Wildman–Crippen MR) is 86.5 cm³/mol. The smallest absolute Gasteiger partial charge is 0.493 e. The summed E-state index contributed by atoms with van der Waals surface area (Å²) in [5, 5.41) is 17.3. The molecule has 0 saturated heterocycles. The van der Waals surface area contributed by atoms with Crippen molar-refractivity contribution >= 4 is 30.0 Å². The van der Waals surface area contributed by atoms with Crippen LogP contribution in [0.4, 0.5) is 0 Å². The first-order valence-corrected chi connectivity index (χ1v) is 8.93. The highest BCUT2D eigenvalue weighted by molar-refractivity contribution is 9.10. The Bertz CT molecular complexity index is 727. The number of aldehydes is 1. The number of nitrogens with zero attached hydrogens (tertiary/aromatic N) is 2. The van der Waals surface area contributed by atoms with Crippen LogP contribution in [0.3, 0.4) is 0 Å². The molecule has 1 N–H and O–H groups in total. The van der Waals surface area contributed by atoms with Gasteiger partial charge in [-0.15, -0.1) is 0 Å². The predicted octanol–water partition coefficient (Wildman–Crippen LogP) is 3.35. The summed E-state index contributed by atoms with van der Waals surface area (Å²) in [6.45, 7) is 0. The van der Waals surface area contributed by atoms with E-state index in [0.29, 0.717) is 6.29 Å². The van der Waals surface area contributed by atoms with Gasteiger partial charge in [-0.1, -0.05) is 0 Å². The summed E-state index contributed by atoms with van der Waals surface area (Å²) in [4.78, 5) is 20.7. The number of methoxy groups -OCH3 is 1. The molecule has 2 unspecified atom stereocenters. The summed E-state index contributed by atoms with van der Waals surface area (Å²) in [5.74, 6) is -0.0665. The summed E-state index contributed by atoms with van der Waals surface area (Å²) in [6, 6.07) is 6.40. The number of hydrogen-bond donors (Lipinski definition) is 1. The molecule has 0 bridgehead atoms. The molecule has 0 aliphatic heterocycles. The van der Waals surface area contributed by atoms with Crippen molar-refractivity contribution in [1.82, 2.24) is 0 Å². The second-order valence-corrected chi connectivity index (χ2v) is 6.68. The Kier molecular flexibility index (Phi) is 7.90. The van der Waals surface area contributed by atoms with Crippen LogP contribution >= 0.6 is 23.8 Å². The molecule has 1 rings (SSSR count). The number of carbonyl (C=O) groups is 1. The molecule has 0 saturated carbocycles. The van der Waals surface area contributed by atoms with Gasteiger partial charge >= 0.3 is 7.82 Å². The van der Waals surface area contributed by atoms with Crippen LogP contribution in [-0.2, 0) is 9.09 Å². The van der Waals surface area contributed by atoms with Crippen molar-refractivity contribution in [1.29, 1.82) is 10.5 Å². The molecule has 24 heavy (non-hydrogen) atoms. The van der Waals surface area contributed by atoms with Gasteiger partial charge in [-0.25, -0.2) is 4.57 Å². The molecule has 10 heteroatoms. The van der Waals surface area contributed by atoms with Crippen molar-refractivity contribution in [3.8, 4) is 23.6 Å². The highest BCUT2D eigenvalue weighted by Crippen LogP contribution is 2.51. The number of phosphoric ester groups is 1. The van der Waals surface area contributed by atoms with Crippen molar-refractivity contribution in [3.05, 3.63) is 22.2 Å². The van der Waals surface area contributed by atoms with Gasteiger partial charge in [-0.3, -0.25) is 14.2 Å². The summed E-state index contributed by atoms with van der Waals surface area (Å²) in [7, 11) is -3.29. The molecule has 0 fully saturated rings. The van der Waals surface area contributed by atoms with E-state index in [4.69, 9.17) is 24.3 Å². The van der Waals surface area contributed by atoms with Gasteiger partial charge in [0.25, 0.3) is 0 Å². The van der Waals surface area contributed by atoms with Gasteiger partial charge in [-0.05, 0) is 34.5 Å². The lowest BCUT2D eigenvalue weighted by atomic mass is 10.2. The zero-order valence-electron chi connectivity index (χ0n) is 12.6. The quantitative estimate of drug-likeness (QED) is 0.478. The van der Waals surface area contributed by atoms with Crippen LogP contribution in [0.2, 0.25) is 0 Å². The molecule has 0 aliphatic carbocycles. The average molecular weight is 417 g/mol. The lowest BCUT2D eigenvalue weighted by Gasteiger charge is -2.20. The summed E-state index contributed by atoms with van der Waals surface area (Å²) >= 11 is 3.12. The number of rotatable bonds is 9. The van der Waals surface area contributed by atoms with E-state index >= 15 is 0 Å². The highest BCUT2D eigenvalue weighted by Gasteiger charge is 2.30.